The molecule has 4 rings (SSSR count). The Balaban J connectivity index is 1.44. The number of carbonyl (C=O) groups excluding carboxylic acids is 3. The van der Waals surface area contributed by atoms with E-state index in [0.717, 1.165) is 27.8 Å². The summed E-state index contributed by atoms with van der Waals surface area (Å²) in [5.41, 5.74) is 2.57. The summed E-state index contributed by atoms with van der Waals surface area (Å²) < 4.78 is 1.48. The maximum Gasteiger partial charge on any atom is 0.293 e. The molecule has 0 spiro atoms. The molecule has 0 unspecified atom stereocenters. The number of thioether (sulfide) groups is 1. The number of aryl methyl sites for hydroxylation is 2. The van der Waals surface area contributed by atoms with Crippen molar-refractivity contribution in [3.05, 3.63) is 86.5 Å². The zero-order valence-electron chi connectivity index (χ0n) is 17.6. The van der Waals surface area contributed by atoms with Crippen LogP contribution >= 0.6 is 11.8 Å². The summed E-state index contributed by atoms with van der Waals surface area (Å²) in [7, 11) is 1.65. The van der Waals surface area contributed by atoms with Crippen LogP contribution in [0.1, 0.15) is 21.5 Å². The van der Waals surface area contributed by atoms with E-state index >= 15 is 0 Å². The molecule has 1 aliphatic rings. The van der Waals surface area contributed by atoms with Gasteiger partial charge in [0.2, 0.25) is 0 Å². The van der Waals surface area contributed by atoms with Crippen molar-refractivity contribution >= 4 is 45.8 Å². The number of pyridine rings is 1. The van der Waals surface area contributed by atoms with Crippen molar-refractivity contribution in [3.8, 4) is 0 Å². The minimum atomic E-state index is -0.430. The first-order valence-corrected chi connectivity index (χ1v) is 10.9. The maximum absolute atomic E-state index is 12.7. The molecule has 1 aromatic heterocycles. The van der Waals surface area contributed by atoms with Crippen molar-refractivity contribution in [1.82, 2.24) is 14.8 Å². The van der Waals surface area contributed by atoms with Gasteiger partial charge in [-0.1, -0.05) is 48.0 Å². The van der Waals surface area contributed by atoms with E-state index in [-0.39, 0.29) is 35.4 Å². The second-order valence-corrected chi connectivity index (χ2v) is 8.47. The van der Waals surface area contributed by atoms with Gasteiger partial charge in [0, 0.05) is 31.6 Å². The molecule has 0 atom stereocenters. The second-order valence-electron chi connectivity index (χ2n) is 7.47. The van der Waals surface area contributed by atoms with Gasteiger partial charge in [0.1, 0.15) is 0 Å². The van der Waals surface area contributed by atoms with Crippen LogP contribution in [0.15, 0.2) is 64.3 Å². The van der Waals surface area contributed by atoms with Crippen LogP contribution < -0.4 is 10.9 Å². The average molecular weight is 448 g/mol. The summed E-state index contributed by atoms with van der Waals surface area (Å²) >= 11 is 0.883. The molecule has 1 N–H and O–H groups in total. The Bertz CT molecular complexity index is 1330. The van der Waals surface area contributed by atoms with Crippen molar-refractivity contribution in [2.24, 2.45) is 7.05 Å². The smallest absolute Gasteiger partial charge is 0.293 e. The third kappa shape index (κ3) is 4.22. The van der Waals surface area contributed by atoms with Gasteiger partial charge in [-0.15, -0.1) is 0 Å². The molecule has 1 fully saturated rings. The Hall–Kier alpha value is -3.65. The fourth-order valence-corrected chi connectivity index (χ4v) is 4.35. The van der Waals surface area contributed by atoms with Gasteiger partial charge in [0.05, 0.1) is 16.0 Å². The molecule has 2 aromatic carbocycles. The molecule has 0 aliphatic carbocycles. The van der Waals surface area contributed by atoms with Crippen LogP contribution in [0.4, 0.5) is 4.79 Å². The SMILES string of the molecule is Cc1ccc(/C=C2\SC(=O)N(CCNC(=O)c3cc(=O)n(C)c4ccccc34)C2=O)cc1. The van der Waals surface area contributed by atoms with Crippen LogP contribution in [0.2, 0.25) is 0 Å². The maximum atomic E-state index is 12.7. The lowest BCUT2D eigenvalue weighted by Gasteiger charge is -2.14. The minimum absolute atomic E-state index is 0.0461. The number of para-hydroxylation sites is 1. The van der Waals surface area contributed by atoms with Crippen LogP contribution in [-0.2, 0) is 11.8 Å². The number of carbonyl (C=O) groups is 3. The van der Waals surface area contributed by atoms with Gasteiger partial charge >= 0.3 is 0 Å². The highest BCUT2D eigenvalue weighted by Gasteiger charge is 2.34. The molecule has 8 heteroatoms. The van der Waals surface area contributed by atoms with E-state index in [0.29, 0.717) is 15.8 Å². The zero-order chi connectivity index (χ0) is 22.8. The Kier molecular flexibility index (Phi) is 5.96. The molecular weight excluding hydrogens is 426 g/mol. The number of aromatic nitrogens is 1. The highest BCUT2D eigenvalue weighted by molar-refractivity contribution is 8.18. The Labute approximate surface area is 188 Å². The summed E-state index contributed by atoms with van der Waals surface area (Å²) in [5, 5.41) is 2.99. The molecule has 32 heavy (non-hydrogen) atoms. The third-order valence-corrected chi connectivity index (χ3v) is 6.18. The van der Waals surface area contributed by atoms with E-state index in [1.807, 2.05) is 31.2 Å². The average Bonchev–Trinajstić information content (AvgIpc) is 3.05. The fraction of sp³-hybridized carbons (Fsp3) is 0.167. The van der Waals surface area contributed by atoms with Gasteiger partial charge in [0.15, 0.2) is 0 Å². The first-order valence-electron chi connectivity index (χ1n) is 10.0. The van der Waals surface area contributed by atoms with E-state index in [4.69, 9.17) is 0 Å². The van der Waals surface area contributed by atoms with Crippen molar-refractivity contribution in [1.29, 1.82) is 0 Å². The number of rotatable bonds is 5. The predicted octanol–water partition coefficient (Wildman–Crippen LogP) is 3.31. The van der Waals surface area contributed by atoms with E-state index in [1.165, 1.54) is 10.6 Å². The Morgan fingerprint density at radius 2 is 1.78 bits per heavy atom. The fourth-order valence-electron chi connectivity index (χ4n) is 3.48. The normalized spacial score (nSPS) is 15.1. The van der Waals surface area contributed by atoms with E-state index in [9.17, 15) is 19.2 Å². The summed E-state index contributed by atoms with van der Waals surface area (Å²) in [6.07, 6.45) is 1.69. The predicted molar refractivity (Wildman–Crippen MR) is 125 cm³/mol. The lowest BCUT2D eigenvalue weighted by Crippen LogP contribution is -2.37. The standard InChI is InChI=1S/C24H21N3O4S/c1-15-7-9-16(10-8-15)13-20-23(30)27(24(31)32-20)12-11-25-22(29)18-14-21(28)26(2)19-6-4-3-5-17(18)19/h3-10,13-14H,11-12H2,1-2H3,(H,25,29)/b20-13-. The van der Waals surface area contributed by atoms with Gasteiger partial charge in [-0.2, -0.15) is 0 Å². The molecule has 162 valence electrons. The first-order chi connectivity index (χ1) is 15.3. The van der Waals surface area contributed by atoms with Gasteiger partial charge in [-0.05, 0) is 36.4 Å². The van der Waals surface area contributed by atoms with Gasteiger partial charge in [-0.3, -0.25) is 24.1 Å². The molecule has 0 saturated carbocycles. The molecule has 2 heterocycles. The zero-order valence-corrected chi connectivity index (χ0v) is 18.4. The van der Waals surface area contributed by atoms with E-state index in [2.05, 4.69) is 5.32 Å². The summed E-state index contributed by atoms with van der Waals surface area (Å²) in [4.78, 5) is 51.4. The summed E-state index contributed by atoms with van der Waals surface area (Å²) in [5.74, 6) is -0.810. The van der Waals surface area contributed by atoms with Gasteiger partial charge < -0.3 is 9.88 Å². The lowest BCUT2D eigenvalue weighted by molar-refractivity contribution is -0.122. The molecule has 0 bridgehead atoms. The number of hydrogen-bond acceptors (Lipinski definition) is 5. The Morgan fingerprint density at radius 3 is 2.53 bits per heavy atom. The number of imide groups is 1. The molecule has 1 aliphatic heterocycles. The number of amides is 3. The highest BCUT2D eigenvalue weighted by Crippen LogP contribution is 2.31. The molecule has 1 saturated heterocycles. The number of benzene rings is 2. The molecule has 7 nitrogen and oxygen atoms in total. The highest BCUT2D eigenvalue weighted by atomic mass is 32.2. The van der Waals surface area contributed by atoms with Crippen molar-refractivity contribution < 1.29 is 14.4 Å². The quantitative estimate of drug-likeness (QED) is 0.606. The summed E-state index contributed by atoms with van der Waals surface area (Å²) in [6.45, 7) is 2.10. The van der Waals surface area contributed by atoms with Crippen LogP contribution in [0.25, 0.3) is 17.0 Å². The summed E-state index contributed by atoms with van der Waals surface area (Å²) in [6, 6.07) is 16.1. The molecule has 3 amide bonds. The molecule has 3 aromatic rings. The van der Waals surface area contributed by atoms with Gasteiger partial charge in [-0.25, -0.2) is 0 Å². The first kappa shape index (κ1) is 21.6. The number of fused-ring (bicyclic) bond motifs is 1. The van der Waals surface area contributed by atoms with Crippen LogP contribution in [0.5, 0.6) is 0 Å². The van der Waals surface area contributed by atoms with Crippen molar-refractivity contribution in [2.45, 2.75) is 6.92 Å². The third-order valence-electron chi connectivity index (χ3n) is 5.27. The lowest BCUT2D eigenvalue weighted by atomic mass is 10.1. The van der Waals surface area contributed by atoms with E-state index < -0.39 is 5.91 Å². The molecular formula is C24H21N3O4S. The van der Waals surface area contributed by atoms with Crippen LogP contribution in [0.3, 0.4) is 0 Å². The number of nitrogens with one attached hydrogen (secondary N) is 1. The minimum Gasteiger partial charge on any atom is -0.350 e. The van der Waals surface area contributed by atoms with E-state index in [1.54, 1.807) is 37.4 Å². The topological polar surface area (TPSA) is 88.5 Å². The second kappa shape index (κ2) is 8.84. The monoisotopic (exact) mass is 447 g/mol. The van der Waals surface area contributed by atoms with Gasteiger partial charge in [0.25, 0.3) is 22.6 Å². The van der Waals surface area contributed by atoms with Crippen molar-refractivity contribution in [3.63, 3.8) is 0 Å². The van der Waals surface area contributed by atoms with Crippen LogP contribution in [0, 0.1) is 6.92 Å². The molecule has 0 radical (unpaired) electrons. The van der Waals surface area contributed by atoms with Crippen molar-refractivity contribution in [2.75, 3.05) is 13.1 Å². The number of nitrogens with zero attached hydrogens (tertiary/aromatic N) is 2. The Morgan fingerprint density at radius 1 is 1.06 bits per heavy atom. The largest absolute Gasteiger partial charge is 0.350 e. The number of hydrogen-bond donors (Lipinski definition) is 1. The van der Waals surface area contributed by atoms with Crippen LogP contribution in [-0.4, -0.2) is 39.6 Å².